The summed E-state index contributed by atoms with van der Waals surface area (Å²) in [4.78, 5) is 20.8. The van der Waals surface area contributed by atoms with Crippen LogP contribution in [0.3, 0.4) is 0 Å². The van der Waals surface area contributed by atoms with Gasteiger partial charge in [0.25, 0.3) is 0 Å². The summed E-state index contributed by atoms with van der Waals surface area (Å²) in [5.74, 6) is 3.10. The maximum Gasteiger partial charge on any atom is 0.224 e. The van der Waals surface area contributed by atoms with Gasteiger partial charge in [-0.1, -0.05) is 13.0 Å². The molecular formula is C22H36N4O3. The molecule has 1 heterocycles. The Bertz CT molecular complexity index is 693. The molecule has 1 aliphatic rings. The number of likely N-dealkylation sites (N-methyl/N-ethyl adjacent to an activating group) is 1. The number of carbonyl (C=O) groups is 1. The Morgan fingerprint density at radius 2 is 2.07 bits per heavy atom. The number of rotatable bonds is 8. The van der Waals surface area contributed by atoms with Gasteiger partial charge in [-0.05, 0) is 42.9 Å². The molecule has 1 aromatic rings. The number of guanidine groups is 1. The zero-order valence-electron chi connectivity index (χ0n) is 18.5. The average Bonchev–Trinajstić information content (AvgIpc) is 2.74. The molecule has 1 N–H and O–H groups in total. The van der Waals surface area contributed by atoms with Gasteiger partial charge in [0, 0.05) is 46.7 Å². The molecule has 1 atom stereocenters. The topological polar surface area (TPSA) is 66.4 Å². The van der Waals surface area contributed by atoms with Gasteiger partial charge in [-0.3, -0.25) is 9.79 Å². The van der Waals surface area contributed by atoms with Crippen LogP contribution in [-0.4, -0.2) is 76.2 Å². The van der Waals surface area contributed by atoms with E-state index < -0.39 is 0 Å². The molecule has 1 unspecified atom stereocenters. The third-order valence-electron chi connectivity index (χ3n) is 5.39. The van der Waals surface area contributed by atoms with Crippen molar-refractivity contribution in [2.75, 3.05) is 54.5 Å². The molecule has 0 spiro atoms. The van der Waals surface area contributed by atoms with Gasteiger partial charge in [0.15, 0.2) is 17.5 Å². The molecule has 29 heavy (non-hydrogen) atoms. The quantitative estimate of drug-likeness (QED) is 0.532. The van der Waals surface area contributed by atoms with Crippen molar-refractivity contribution in [3.8, 4) is 11.5 Å². The van der Waals surface area contributed by atoms with Gasteiger partial charge in [-0.2, -0.15) is 0 Å². The second-order valence-electron chi connectivity index (χ2n) is 7.67. The maximum atomic E-state index is 12.4. The smallest absolute Gasteiger partial charge is 0.224 e. The molecule has 1 aliphatic heterocycles. The Morgan fingerprint density at radius 1 is 1.31 bits per heavy atom. The van der Waals surface area contributed by atoms with E-state index in [1.807, 2.05) is 30.1 Å². The molecule has 1 saturated heterocycles. The maximum absolute atomic E-state index is 12.4. The van der Waals surface area contributed by atoms with E-state index in [0.29, 0.717) is 18.9 Å². The highest BCUT2D eigenvalue weighted by molar-refractivity contribution is 5.81. The SMILES string of the molecule is CN=C(NCCC(=O)N1CCCC(C)C1)N(C)CCc1ccc(OC)c(OC)c1. The Morgan fingerprint density at radius 3 is 2.72 bits per heavy atom. The van der Waals surface area contributed by atoms with E-state index in [-0.39, 0.29) is 5.91 Å². The summed E-state index contributed by atoms with van der Waals surface area (Å²) in [6, 6.07) is 5.97. The summed E-state index contributed by atoms with van der Waals surface area (Å²) >= 11 is 0. The number of nitrogens with one attached hydrogen (secondary N) is 1. The predicted molar refractivity (Wildman–Crippen MR) is 117 cm³/mol. The minimum absolute atomic E-state index is 0.229. The zero-order chi connectivity index (χ0) is 21.2. The van der Waals surface area contributed by atoms with Crippen molar-refractivity contribution in [3.05, 3.63) is 23.8 Å². The van der Waals surface area contributed by atoms with E-state index in [9.17, 15) is 4.79 Å². The van der Waals surface area contributed by atoms with Gasteiger partial charge >= 0.3 is 0 Å². The number of piperidine rings is 1. The number of amides is 1. The Labute approximate surface area is 175 Å². The lowest BCUT2D eigenvalue weighted by Gasteiger charge is -2.31. The fourth-order valence-corrected chi connectivity index (χ4v) is 3.68. The molecule has 7 nitrogen and oxygen atoms in total. The van der Waals surface area contributed by atoms with Crippen molar-refractivity contribution in [2.45, 2.75) is 32.6 Å². The number of likely N-dealkylation sites (tertiary alicyclic amines) is 1. The molecule has 0 saturated carbocycles. The molecular weight excluding hydrogens is 368 g/mol. The summed E-state index contributed by atoms with van der Waals surface area (Å²) in [6.07, 6.45) is 3.68. The van der Waals surface area contributed by atoms with Crippen LogP contribution in [0.4, 0.5) is 0 Å². The Balaban J connectivity index is 1.78. The largest absolute Gasteiger partial charge is 0.493 e. The van der Waals surface area contributed by atoms with E-state index in [1.165, 1.54) is 12.0 Å². The molecule has 7 heteroatoms. The minimum Gasteiger partial charge on any atom is -0.493 e. The lowest BCUT2D eigenvalue weighted by Crippen LogP contribution is -2.43. The summed E-state index contributed by atoms with van der Waals surface area (Å²) in [7, 11) is 7.05. The van der Waals surface area contributed by atoms with Crippen LogP contribution < -0.4 is 14.8 Å². The van der Waals surface area contributed by atoms with Crippen LogP contribution in [0.25, 0.3) is 0 Å². The highest BCUT2D eigenvalue weighted by Crippen LogP contribution is 2.27. The molecule has 0 radical (unpaired) electrons. The van der Waals surface area contributed by atoms with Gasteiger partial charge in [-0.25, -0.2) is 0 Å². The molecule has 0 bridgehead atoms. The van der Waals surface area contributed by atoms with Crippen LogP contribution in [-0.2, 0) is 11.2 Å². The number of ether oxygens (including phenoxy) is 2. The van der Waals surface area contributed by atoms with Crippen molar-refractivity contribution in [2.24, 2.45) is 10.9 Å². The van der Waals surface area contributed by atoms with E-state index in [0.717, 1.165) is 49.9 Å². The van der Waals surface area contributed by atoms with Gasteiger partial charge in [-0.15, -0.1) is 0 Å². The normalized spacial score (nSPS) is 17.1. The van der Waals surface area contributed by atoms with E-state index >= 15 is 0 Å². The average molecular weight is 405 g/mol. The third kappa shape index (κ3) is 6.84. The third-order valence-corrected chi connectivity index (χ3v) is 5.39. The van der Waals surface area contributed by atoms with Crippen LogP contribution in [0, 0.1) is 5.92 Å². The summed E-state index contributed by atoms with van der Waals surface area (Å²) in [5.41, 5.74) is 1.17. The summed E-state index contributed by atoms with van der Waals surface area (Å²) < 4.78 is 10.7. The molecule has 162 valence electrons. The van der Waals surface area contributed by atoms with Gasteiger partial charge < -0.3 is 24.6 Å². The van der Waals surface area contributed by atoms with Crippen LogP contribution >= 0.6 is 0 Å². The highest BCUT2D eigenvalue weighted by Gasteiger charge is 2.20. The van der Waals surface area contributed by atoms with Crippen LogP contribution in [0.1, 0.15) is 31.7 Å². The molecule has 1 aromatic carbocycles. The molecule has 1 amide bonds. The molecule has 0 aromatic heterocycles. The van der Waals surface area contributed by atoms with Gasteiger partial charge in [0.05, 0.1) is 14.2 Å². The Hall–Kier alpha value is -2.44. The Kier molecular flexibility index (Phi) is 9.09. The van der Waals surface area contributed by atoms with E-state index in [4.69, 9.17) is 9.47 Å². The molecule has 2 rings (SSSR count). The first-order chi connectivity index (χ1) is 14.0. The number of benzene rings is 1. The van der Waals surface area contributed by atoms with Crippen molar-refractivity contribution >= 4 is 11.9 Å². The first-order valence-electron chi connectivity index (χ1n) is 10.4. The van der Waals surface area contributed by atoms with Crippen molar-refractivity contribution < 1.29 is 14.3 Å². The number of aliphatic imine (C=N–C) groups is 1. The van der Waals surface area contributed by atoms with Crippen LogP contribution in [0.15, 0.2) is 23.2 Å². The fraction of sp³-hybridized carbons (Fsp3) is 0.636. The first-order valence-corrected chi connectivity index (χ1v) is 10.4. The number of hydrogen-bond donors (Lipinski definition) is 1. The predicted octanol–water partition coefficient (Wildman–Crippen LogP) is 2.40. The summed E-state index contributed by atoms with van der Waals surface area (Å²) in [5, 5.41) is 3.31. The van der Waals surface area contributed by atoms with Gasteiger partial charge in [0.2, 0.25) is 5.91 Å². The second kappa shape index (κ2) is 11.5. The zero-order valence-corrected chi connectivity index (χ0v) is 18.5. The van der Waals surface area contributed by atoms with E-state index in [2.05, 4.69) is 22.1 Å². The fourth-order valence-electron chi connectivity index (χ4n) is 3.68. The number of carbonyl (C=O) groups excluding carboxylic acids is 1. The lowest BCUT2D eigenvalue weighted by atomic mass is 10.00. The number of nitrogens with zero attached hydrogens (tertiary/aromatic N) is 3. The summed E-state index contributed by atoms with van der Waals surface area (Å²) in [6.45, 7) is 5.39. The monoisotopic (exact) mass is 404 g/mol. The molecule has 1 fully saturated rings. The van der Waals surface area contributed by atoms with Crippen LogP contribution in [0.5, 0.6) is 11.5 Å². The van der Waals surface area contributed by atoms with E-state index in [1.54, 1.807) is 21.3 Å². The minimum atomic E-state index is 0.229. The van der Waals surface area contributed by atoms with Crippen molar-refractivity contribution in [3.63, 3.8) is 0 Å². The second-order valence-corrected chi connectivity index (χ2v) is 7.67. The number of hydrogen-bond acceptors (Lipinski definition) is 4. The van der Waals surface area contributed by atoms with Gasteiger partial charge in [0.1, 0.15) is 0 Å². The van der Waals surface area contributed by atoms with Crippen molar-refractivity contribution in [1.82, 2.24) is 15.1 Å². The standard InChI is InChI=1S/C22H36N4O3/c1-17-7-6-13-26(16-17)21(27)10-12-24-22(23-2)25(3)14-11-18-8-9-19(28-4)20(15-18)29-5/h8-9,15,17H,6-7,10-14,16H2,1-5H3,(H,23,24). The first kappa shape index (κ1) is 22.8. The lowest BCUT2D eigenvalue weighted by molar-refractivity contribution is -0.132. The highest BCUT2D eigenvalue weighted by atomic mass is 16.5. The molecule has 0 aliphatic carbocycles. The van der Waals surface area contributed by atoms with Crippen molar-refractivity contribution in [1.29, 1.82) is 0 Å². The number of methoxy groups -OCH3 is 2. The van der Waals surface area contributed by atoms with Crippen LogP contribution in [0.2, 0.25) is 0 Å².